The van der Waals surface area contributed by atoms with Crippen molar-refractivity contribution < 1.29 is 9.47 Å². The van der Waals surface area contributed by atoms with E-state index in [0.717, 1.165) is 32.8 Å². The Kier molecular flexibility index (Phi) is 9.86. The Morgan fingerprint density at radius 3 is 2.00 bits per heavy atom. The number of hydrogen-bond acceptors (Lipinski definition) is 3. The normalized spacial score (nSPS) is 10.2. The molecule has 0 unspecified atom stereocenters. The highest BCUT2D eigenvalue weighted by Crippen LogP contribution is 2.39. The van der Waals surface area contributed by atoms with Gasteiger partial charge < -0.3 is 9.47 Å². The lowest BCUT2D eigenvalue weighted by Crippen LogP contribution is -1.93. The molecule has 0 aliphatic rings. The van der Waals surface area contributed by atoms with Gasteiger partial charge in [-0.3, -0.25) is 5.10 Å². The fourth-order valence-corrected chi connectivity index (χ4v) is 2.86. The second kappa shape index (κ2) is 11.9. The molecule has 0 aliphatic heterocycles. The lowest BCUT2D eigenvalue weighted by atomic mass is 9.94. The van der Waals surface area contributed by atoms with Gasteiger partial charge in [-0.1, -0.05) is 65.3 Å². The zero-order chi connectivity index (χ0) is 21.1. The number of hydrogen-bond donors (Lipinski definition) is 1. The van der Waals surface area contributed by atoms with Crippen LogP contribution in [0.2, 0.25) is 0 Å². The van der Waals surface area contributed by atoms with Crippen LogP contribution in [0.3, 0.4) is 0 Å². The van der Waals surface area contributed by atoms with Crippen molar-refractivity contribution >= 4 is 33.8 Å². The maximum atomic E-state index is 5.43. The van der Waals surface area contributed by atoms with Gasteiger partial charge in [-0.2, -0.15) is 5.10 Å². The van der Waals surface area contributed by atoms with E-state index in [-0.39, 0.29) is 0 Å². The minimum atomic E-state index is 0.694. The van der Waals surface area contributed by atoms with Crippen LogP contribution in [0.25, 0.3) is 33.8 Å². The van der Waals surface area contributed by atoms with Crippen LogP contribution in [0.15, 0.2) is 31.0 Å². The van der Waals surface area contributed by atoms with Crippen LogP contribution >= 0.6 is 0 Å². The number of nitrogens with one attached hydrogen (secondary N) is 1. The summed E-state index contributed by atoms with van der Waals surface area (Å²) in [4.78, 5) is 0. The number of fused-ring (bicyclic) bond motifs is 3. The van der Waals surface area contributed by atoms with E-state index in [9.17, 15) is 0 Å². The molecule has 0 radical (unpaired) electrons. The molecule has 3 rings (SSSR count). The number of rotatable bonds is 5. The summed E-state index contributed by atoms with van der Waals surface area (Å²) in [5.74, 6) is 1.39. The first kappa shape index (κ1) is 23.3. The number of allylic oxidation sites excluding steroid dienone is 1. The SMILES string of the molecule is C=Cc1c(/C=C\C)c2cn[nH]c2c2cc(OC)c(OC)cc12.CC.CCCC. The number of nitrogens with zero attached hydrogens (tertiary/aromatic N) is 1. The van der Waals surface area contributed by atoms with Gasteiger partial charge >= 0.3 is 0 Å². The van der Waals surface area contributed by atoms with Crippen molar-refractivity contribution in [2.45, 2.75) is 47.5 Å². The zero-order valence-electron chi connectivity index (χ0n) is 18.3. The maximum absolute atomic E-state index is 5.43. The van der Waals surface area contributed by atoms with Crippen LogP contribution in [0.5, 0.6) is 11.5 Å². The molecule has 152 valence electrons. The largest absolute Gasteiger partial charge is 0.493 e. The lowest BCUT2D eigenvalue weighted by molar-refractivity contribution is 0.356. The molecule has 1 N–H and O–H groups in total. The summed E-state index contributed by atoms with van der Waals surface area (Å²) in [5, 5.41) is 10.4. The van der Waals surface area contributed by atoms with Gasteiger partial charge in [0.1, 0.15) is 0 Å². The highest BCUT2D eigenvalue weighted by atomic mass is 16.5. The molecular weight excluding hydrogens is 348 g/mol. The van der Waals surface area contributed by atoms with E-state index in [1.165, 1.54) is 12.8 Å². The van der Waals surface area contributed by atoms with Crippen molar-refractivity contribution in [3.63, 3.8) is 0 Å². The van der Waals surface area contributed by atoms with Crippen molar-refractivity contribution in [3.8, 4) is 11.5 Å². The van der Waals surface area contributed by atoms with Gasteiger partial charge in [0.2, 0.25) is 0 Å². The van der Waals surface area contributed by atoms with Gasteiger partial charge in [0.25, 0.3) is 0 Å². The monoisotopic (exact) mass is 382 g/mol. The average molecular weight is 383 g/mol. The Balaban J connectivity index is 0.000000583. The Labute approximate surface area is 169 Å². The van der Waals surface area contributed by atoms with E-state index < -0.39 is 0 Å². The summed E-state index contributed by atoms with van der Waals surface area (Å²) in [6.07, 6.45) is 10.4. The Morgan fingerprint density at radius 1 is 0.964 bits per heavy atom. The number of aromatic nitrogens is 2. The lowest BCUT2D eigenvalue weighted by Gasteiger charge is -2.14. The molecule has 0 aliphatic carbocycles. The molecule has 0 fully saturated rings. The predicted octanol–water partition coefficient (Wildman–Crippen LogP) is 7.24. The van der Waals surface area contributed by atoms with Crippen LogP contribution in [0, 0.1) is 0 Å². The highest BCUT2D eigenvalue weighted by Gasteiger charge is 2.15. The van der Waals surface area contributed by atoms with Crippen molar-refractivity contribution in [2.24, 2.45) is 0 Å². The van der Waals surface area contributed by atoms with Gasteiger partial charge in [0.15, 0.2) is 11.5 Å². The summed E-state index contributed by atoms with van der Waals surface area (Å²) >= 11 is 0. The van der Waals surface area contributed by atoms with Crippen molar-refractivity contribution in [2.75, 3.05) is 14.2 Å². The molecule has 3 aromatic rings. The van der Waals surface area contributed by atoms with Crippen LogP contribution in [-0.4, -0.2) is 24.4 Å². The fraction of sp³-hybridized carbons (Fsp3) is 0.375. The van der Waals surface area contributed by atoms with Crippen LogP contribution in [-0.2, 0) is 0 Å². The second-order valence-corrected chi connectivity index (χ2v) is 5.94. The van der Waals surface area contributed by atoms with E-state index >= 15 is 0 Å². The van der Waals surface area contributed by atoms with E-state index in [1.807, 2.05) is 51.3 Å². The molecule has 28 heavy (non-hydrogen) atoms. The number of benzene rings is 2. The minimum absolute atomic E-state index is 0.694. The van der Waals surface area contributed by atoms with Crippen LogP contribution < -0.4 is 9.47 Å². The molecule has 0 saturated carbocycles. The predicted molar refractivity (Wildman–Crippen MR) is 123 cm³/mol. The molecule has 0 amide bonds. The Hall–Kier alpha value is -2.75. The summed E-state index contributed by atoms with van der Waals surface area (Å²) in [6.45, 7) is 14.3. The molecule has 2 aromatic carbocycles. The van der Waals surface area contributed by atoms with Crippen molar-refractivity contribution in [1.29, 1.82) is 0 Å². The standard InChI is InChI=1S/C18H18N2O2.C4H10.C2H6/c1-5-7-12-11(6-2)13-8-16(21-3)17(22-4)9-14(13)18-15(12)10-19-20-18;1-3-4-2;1-2/h5-10H,2H2,1,3-4H3,(H,19,20);3-4H2,1-2H3;1-2H3/b7-5-;;. The quantitative estimate of drug-likeness (QED) is 0.506. The molecule has 4 nitrogen and oxygen atoms in total. The summed E-state index contributed by atoms with van der Waals surface area (Å²) in [6, 6.07) is 3.96. The molecular formula is C24H34N2O2. The van der Waals surface area contributed by atoms with E-state index in [2.05, 4.69) is 36.7 Å². The Morgan fingerprint density at radius 2 is 1.54 bits per heavy atom. The minimum Gasteiger partial charge on any atom is -0.493 e. The molecule has 1 heterocycles. The van der Waals surface area contributed by atoms with Gasteiger partial charge in [0.05, 0.1) is 25.9 Å². The summed E-state index contributed by atoms with van der Waals surface area (Å²) in [5.41, 5.74) is 3.14. The number of H-pyrrole nitrogens is 1. The van der Waals surface area contributed by atoms with E-state index in [4.69, 9.17) is 9.47 Å². The van der Waals surface area contributed by atoms with Crippen molar-refractivity contribution in [3.05, 3.63) is 42.1 Å². The third kappa shape index (κ3) is 4.75. The van der Waals surface area contributed by atoms with E-state index in [0.29, 0.717) is 11.5 Å². The average Bonchev–Trinajstić information content (AvgIpc) is 3.24. The number of unbranched alkanes of at least 4 members (excludes halogenated alkanes) is 1. The summed E-state index contributed by atoms with van der Waals surface area (Å²) < 4.78 is 10.9. The fourth-order valence-electron chi connectivity index (χ4n) is 2.86. The third-order valence-electron chi connectivity index (χ3n) is 4.34. The first-order valence-electron chi connectivity index (χ1n) is 9.96. The highest BCUT2D eigenvalue weighted by molar-refractivity contribution is 6.13. The topological polar surface area (TPSA) is 47.1 Å². The van der Waals surface area contributed by atoms with Gasteiger partial charge in [0, 0.05) is 10.8 Å². The van der Waals surface area contributed by atoms with Crippen molar-refractivity contribution in [1.82, 2.24) is 10.2 Å². The molecule has 0 saturated heterocycles. The molecule has 0 bridgehead atoms. The summed E-state index contributed by atoms with van der Waals surface area (Å²) in [7, 11) is 3.27. The molecule has 1 aromatic heterocycles. The first-order chi connectivity index (χ1) is 13.7. The second-order valence-electron chi connectivity index (χ2n) is 5.94. The smallest absolute Gasteiger partial charge is 0.161 e. The van der Waals surface area contributed by atoms with Gasteiger partial charge in [-0.15, -0.1) is 0 Å². The van der Waals surface area contributed by atoms with E-state index in [1.54, 1.807) is 14.2 Å². The first-order valence-corrected chi connectivity index (χ1v) is 9.96. The zero-order valence-corrected chi connectivity index (χ0v) is 18.3. The maximum Gasteiger partial charge on any atom is 0.161 e. The van der Waals surface area contributed by atoms with Crippen LogP contribution in [0.1, 0.15) is 58.6 Å². The molecule has 4 heteroatoms. The number of methoxy groups -OCH3 is 2. The van der Waals surface area contributed by atoms with Gasteiger partial charge in [-0.25, -0.2) is 0 Å². The number of aromatic amines is 1. The number of ether oxygens (including phenoxy) is 2. The van der Waals surface area contributed by atoms with Gasteiger partial charge in [-0.05, 0) is 35.6 Å². The third-order valence-corrected chi connectivity index (χ3v) is 4.34. The Bertz CT molecular complexity index is 921. The van der Waals surface area contributed by atoms with Crippen LogP contribution in [0.4, 0.5) is 0 Å². The molecule has 0 atom stereocenters. The molecule has 0 spiro atoms.